The molecule has 0 unspecified atom stereocenters. The van der Waals surface area contributed by atoms with E-state index in [-0.39, 0.29) is 18.2 Å². The topological polar surface area (TPSA) is 86.2 Å². The van der Waals surface area contributed by atoms with Crippen molar-refractivity contribution in [1.82, 2.24) is 0 Å². The van der Waals surface area contributed by atoms with Gasteiger partial charge < -0.3 is 11.5 Å². The van der Waals surface area contributed by atoms with Gasteiger partial charge >= 0.3 is 0 Å². The maximum Gasteiger partial charge on any atom is 0.155 e. The highest BCUT2D eigenvalue weighted by Gasteiger charge is 2.67. The van der Waals surface area contributed by atoms with Crippen molar-refractivity contribution in [2.24, 2.45) is 11.5 Å². The zero-order chi connectivity index (χ0) is 13.6. The van der Waals surface area contributed by atoms with Crippen molar-refractivity contribution in [3.8, 4) is 0 Å². The predicted molar refractivity (Wildman–Crippen MR) is 73.4 cm³/mol. The van der Waals surface area contributed by atoms with Crippen molar-refractivity contribution in [1.29, 1.82) is 0 Å². The van der Waals surface area contributed by atoms with Crippen LogP contribution in [0.25, 0.3) is 0 Å². The predicted octanol–water partition coefficient (Wildman–Crippen LogP) is 0.897. The van der Waals surface area contributed by atoms with Gasteiger partial charge in [0.25, 0.3) is 0 Å². The number of hydrogen-bond donors (Lipinski definition) is 2. The van der Waals surface area contributed by atoms with E-state index in [1.54, 1.807) is 19.1 Å². The van der Waals surface area contributed by atoms with Crippen molar-refractivity contribution in [2.45, 2.75) is 23.6 Å². The molecule has 1 aliphatic carbocycles. The second-order valence-electron chi connectivity index (χ2n) is 4.72. The minimum Gasteiger partial charge on any atom is -0.329 e. The summed E-state index contributed by atoms with van der Waals surface area (Å²) in [6.07, 6.45) is 0. The maximum atomic E-state index is 12.0. The van der Waals surface area contributed by atoms with E-state index in [0.717, 1.165) is 5.56 Å². The van der Waals surface area contributed by atoms with Crippen molar-refractivity contribution >= 4 is 21.4 Å². The Balaban J connectivity index is 2.37. The maximum absolute atomic E-state index is 12.0. The SMILES string of the molecule is CCS(=O)(=O)[C@@H]1[C@H](c2ccc(Cl)cc2)[C@@]1(N)CN. The summed E-state index contributed by atoms with van der Waals surface area (Å²) in [6.45, 7) is 1.79. The molecule has 0 bridgehead atoms. The molecular formula is C12H17ClN2O2S. The van der Waals surface area contributed by atoms with Gasteiger partial charge in [-0.3, -0.25) is 0 Å². The van der Waals surface area contributed by atoms with Crippen LogP contribution < -0.4 is 11.5 Å². The molecule has 1 saturated carbocycles. The van der Waals surface area contributed by atoms with Crippen LogP contribution in [0.2, 0.25) is 5.02 Å². The van der Waals surface area contributed by atoms with Gasteiger partial charge in [0, 0.05) is 23.2 Å². The summed E-state index contributed by atoms with van der Waals surface area (Å²) in [5.74, 6) is -0.148. The lowest BCUT2D eigenvalue weighted by atomic mass is 10.1. The third kappa shape index (κ3) is 2.05. The van der Waals surface area contributed by atoms with Crippen LogP contribution in [-0.4, -0.2) is 31.5 Å². The molecule has 0 radical (unpaired) electrons. The summed E-state index contributed by atoms with van der Waals surface area (Å²) in [7, 11) is -3.19. The van der Waals surface area contributed by atoms with Crippen molar-refractivity contribution in [3.05, 3.63) is 34.9 Å². The van der Waals surface area contributed by atoms with Gasteiger partial charge in [-0.1, -0.05) is 30.7 Å². The summed E-state index contributed by atoms with van der Waals surface area (Å²) in [4.78, 5) is 0. The lowest BCUT2D eigenvalue weighted by Gasteiger charge is -2.07. The minimum absolute atomic E-state index is 0.0840. The first-order chi connectivity index (χ1) is 8.36. The Hall–Kier alpha value is -0.620. The Morgan fingerprint density at radius 3 is 2.33 bits per heavy atom. The second kappa shape index (κ2) is 4.49. The minimum atomic E-state index is -3.19. The molecule has 4 N–H and O–H groups in total. The van der Waals surface area contributed by atoms with Gasteiger partial charge in [0.2, 0.25) is 0 Å². The number of benzene rings is 1. The van der Waals surface area contributed by atoms with Crippen molar-refractivity contribution < 1.29 is 8.42 Å². The second-order valence-corrected chi connectivity index (χ2v) is 7.57. The monoisotopic (exact) mass is 288 g/mol. The van der Waals surface area contributed by atoms with E-state index in [4.69, 9.17) is 23.1 Å². The normalized spacial score (nSPS) is 31.3. The Morgan fingerprint density at radius 1 is 1.33 bits per heavy atom. The van der Waals surface area contributed by atoms with E-state index in [0.29, 0.717) is 5.02 Å². The zero-order valence-electron chi connectivity index (χ0n) is 10.1. The van der Waals surface area contributed by atoms with E-state index >= 15 is 0 Å². The van der Waals surface area contributed by atoms with Gasteiger partial charge in [-0.05, 0) is 17.7 Å². The van der Waals surface area contributed by atoms with Gasteiger partial charge in [0.1, 0.15) is 0 Å². The third-order valence-corrected chi connectivity index (χ3v) is 6.22. The quantitative estimate of drug-likeness (QED) is 0.862. The Kier molecular flexibility index (Phi) is 3.44. The highest BCUT2D eigenvalue weighted by atomic mass is 35.5. The number of sulfone groups is 1. The van der Waals surface area contributed by atoms with Crippen LogP contribution in [0.3, 0.4) is 0 Å². The molecule has 1 aromatic carbocycles. The largest absolute Gasteiger partial charge is 0.329 e. The van der Waals surface area contributed by atoms with Crippen LogP contribution in [0.1, 0.15) is 18.4 Å². The fourth-order valence-corrected chi connectivity index (χ4v) is 4.69. The van der Waals surface area contributed by atoms with Gasteiger partial charge in [-0.15, -0.1) is 0 Å². The van der Waals surface area contributed by atoms with Crippen molar-refractivity contribution in [2.75, 3.05) is 12.3 Å². The molecule has 3 atom stereocenters. The Bertz CT molecular complexity index is 544. The fourth-order valence-electron chi connectivity index (χ4n) is 2.54. The van der Waals surface area contributed by atoms with Gasteiger partial charge in [-0.25, -0.2) is 8.42 Å². The van der Waals surface area contributed by atoms with Crippen LogP contribution in [0.4, 0.5) is 0 Å². The lowest BCUT2D eigenvalue weighted by Crippen LogP contribution is -2.39. The summed E-state index contributed by atoms with van der Waals surface area (Å²) < 4.78 is 24.1. The molecule has 100 valence electrons. The van der Waals surface area contributed by atoms with E-state index in [1.165, 1.54) is 0 Å². The molecular weight excluding hydrogens is 272 g/mol. The van der Waals surface area contributed by atoms with Gasteiger partial charge in [-0.2, -0.15) is 0 Å². The average Bonchev–Trinajstić information content (AvgIpc) is 2.98. The van der Waals surface area contributed by atoms with Crippen LogP contribution in [-0.2, 0) is 9.84 Å². The molecule has 1 fully saturated rings. The molecule has 0 aromatic heterocycles. The number of hydrogen-bond acceptors (Lipinski definition) is 4. The van der Waals surface area contributed by atoms with Crippen molar-refractivity contribution in [3.63, 3.8) is 0 Å². The molecule has 1 aliphatic rings. The molecule has 2 rings (SSSR count). The van der Waals surface area contributed by atoms with Crippen LogP contribution in [0.5, 0.6) is 0 Å². The van der Waals surface area contributed by atoms with E-state index in [1.807, 2.05) is 12.1 Å². The number of rotatable bonds is 4. The van der Waals surface area contributed by atoms with E-state index < -0.39 is 20.6 Å². The van der Waals surface area contributed by atoms with E-state index in [2.05, 4.69) is 0 Å². The molecule has 6 heteroatoms. The Morgan fingerprint density at radius 2 is 1.89 bits per heavy atom. The number of halogens is 1. The van der Waals surface area contributed by atoms with Crippen LogP contribution >= 0.6 is 11.6 Å². The number of nitrogens with two attached hydrogens (primary N) is 2. The third-order valence-electron chi connectivity index (χ3n) is 3.67. The lowest BCUT2D eigenvalue weighted by molar-refractivity contribution is 0.587. The summed E-state index contributed by atoms with van der Waals surface area (Å²) in [6, 6.07) is 7.11. The summed E-state index contributed by atoms with van der Waals surface area (Å²) >= 11 is 5.82. The molecule has 18 heavy (non-hydrogen) atoms. The first-order valence-corrected chi connectivity index (χ1v) is 7.92. The molecule has 4 nitrogen and oxygen atoms in total. The molecule has 0 saturated heterocycles. The molecule has 0 aliphatic heterocycles. The standard InChI is InChI=1S/C12H17ClN2O2S/c1-2-18(16,17)11-10(12(11,15)7-14)8-3-5-9(13)6-4-8/h3-6,10-11H,2,7,14-15H2,1H3/t10-,11+,12-/m0/s1. The summed E-state index contributed by atoms with van der Waals surface area (Å²) in [5.41, 5.74) is 11.8. The molecule has 1 aromatic rings. The smallest absolute Gasteiger partial charge is 0.155 e. The molecule has 0 heterocycles. The van der Waals surface area contributed by atoms with Crippen LogP contribution in [0.15, 0.2) is 24.3 Å². The van der Waals surface area contributed by atoms with Gasteiger partial charge in [0.15, 0.2) is 9.84 Å². The molecule has 0 spiro atoms. The fraction of sp³-hybridized carbons (Fsp3) is 0.500. The average molecular weight is 289 g/mol. The first kappa shape index (κ1) is 13.8. The highest BCUT2D eigenvalue weighted by molar-refractivity contribution is 7.92. The first-order valence-electron chi connectivity index (χ1n) is 5.83. The van der Waals surface area contributed by atoms with E-state index in [9.17, 15) is 8.42 Å². The van der Waals surface area contributed by atoms with Crippen LogP contribution in [0, 0.1) is 0 Å². The molecule has 0 amide bonds. The zero-order valence-corrected chi connectivity index (χ0v) is 11.7. The highest BCUT2D eigenvalue weighted by Crippen LogP contribution is 2.53. The Labute approximate surface area is 112 Å². The summed E-state index contributed by atoms with van der Waals surface area (Å²) in [5, 5.41) is 0.0332. The van der Waals surface area contributed by atoms with Gasteiger partial charge in [0.05, 0.1) is 10.8 Å².